The van der Waals surface area contributed by atoms with E-state index in [0.717, 1.165) is 39.5 Å². The molecule has 0 spiro atoms. The van der Waals surface area contributed by atoms with Crippen molar-refractivity contribution < 1.29 is 0 Å². The molecular formula is C12H10ClN3S2. The van der Waals surface area contributed by atoms with E-state index in [0.29, 0.717) is 0 Å². The molecule has 6 heteroatoms. The molecule has 0 radical (unpaired) electrons. The lowest BCUT2D eigenvalue weighted by Crippen LogP contribution is -2.01. The number of H-pyrrole nitrogens is 1. The molecule has 1 aromatic carbocycles. The van der Waals surface area contributed by atoms with E-state index >= 15 is 0 Å². The minimum absolute atomic E-state index is 0.721. The van der Waals surface area contributed by atoms with Crippen molar-refractivity contribution in [2.45, 2.75) is 13.0 Å². The van der Waals surface area contributed by atoms with Gasteiger partial charge in [-0.1, -0.05) is 11.6 Å². The highest BCUT2D eigenvalue weighted by Crippen LogP contribution is 2.19. The van der Waals surface area contributed by atoms with Gasteiger partial charge in [0.25, 0.3) is 0 Å². The molecule has 0 bridgehead atoms. The summed E-state index contributed by atoms with van der Waals surface area (Å²) in [4.78, 5) is 7.46. The molecule has 0 aliphatic heterocycles. The lowest BCUT2D eigenvalue weighted by atomic mass is 10.3. The van der Waals surface area contributed by atoms with Crippen molar-refractivity contribution in [1.29, 1.82) is 0 Å². The first kappa shape index (κ1) is 11.9. The average Bonchev–Trinajstić information content (AvgIpc) is 2.94. The van der Waals surface area contributed by atoms with Crippen LogP contribution in [0.3, 0.4) is 0 Å². The number of aromatic amines is 1. The van der Waals surface area contributed by atoms with Crippen molar-refractivity contribution in [2.24, 2.45) is 0 Å². The Hall–Kier alpha value is -1.17. The highest BCUT2D eigenvalue weighted by atomic mass is 35.5. The Morgan fingerprint density at radius 1 is 1.44 bits per heavy atom. The normalized spacial score (nSPS) is 11.2. The van der Waals surface area contributed by atoms with Gasteiger partial charge in [-0.25, -0.2) is 4.98 Å². The van der Waals surface area contributed by atoms with Gasteiger partial charge in [0.1, 0.15) is 0 Å². The Balaban J connectivity index is 1.98. The molecular weight excluding hydrogens is 286 g/mol. The van der Waals surface area contributed by atoms with Crippen LogP contribution in [-0.4, -0.2) is 14.5 Å². The van der Waals surface area contributed by atoms with E-state index in [1.807, 2.05) is 23.7 Å². The van der Waals surface area contributed by atoms with Crippen LogP contribution in [0, 0.1) is 4.77 Å². The van der Waals surface area contributed by atoms with Crippen LogP contribution in [0.25, 0.3) is 11.0 Å². The van der Waals surface area contributed by atoms with Gasteiger partial charge in [-0.2, -0.15) is 0 Å². The van der Waals surface area contributed by atoms with Gasteiger partial charge in [0, 0.05) is 23.4 Å². The fraction of sp³-hybridized carbons (Fsp3) is 0.167. The number of nitrogens with one attached hydrogen (secondary N) is 1. The second kappa shape index (κ2) is 4.84. The number of halogens is 1. The number of aryl methyl sites for hydroxylation is 2. The molecule has 2 aromatic heterocycles. The maximum absolute atomic E-state index is 6.03. The van der Waals surface area contributed by atoms with E-state index in [4.69, 9.17) is 23.8 Å². The fourth-order valence-electron chi connectivity index (χ4n) is 1.94. The molecule has 92 valence electrons. The number of nitrogens with zero attached hydrogens (tertiary/aromatic N) is 2. The zero-order chi connectivity index (χ0) is 12.5. The van der Waals surface area contributed by atoms with Crippen LogP contribution in [0.15, 0.2) is 29.1 Å². The fourth-order valence-corrected chi connectivity index (χ4v) is 2.99. The monoisotopic (exact) mass is 295 g/mol. The minimum atomic E-state index is 0.721. The number of thiazole rings is 1. The van der Waals surface area contributed by atoms with Gasteiger partial charge in [-0.3, -0.25) is 0 Å². The first-order valence-corrected chi connectivity index (χ1v) is 7.22. The van der Waals surface area contributed by atoms with E-state index < -0.39 is 0 Å². The van der Waals surface area contributed by atoms with E-state index in [1.165, 1.54) is 0 Å². The van der Waals surface area contributed by atoms with Gasteiger partial charge >= 0.3 is 0 Å². The lowest BCUT2D eigenvalue weighted by molar-refractivity contribution is 0.698. The molecule has 3 rings (SSSR count). The topological polar surface area (TPSA) is 33.6 Å². The average molecular weight is 296 g/mol. The molecule has 0 saturated heterocycles. The zero-order valence-corrected chi connectivity index (χ0v) is 11.8. The predicted octanol–water partition coefficient (Wildman–Crippen LogP) is 4.05. The molecule has 1 N–H and O–H groups in total. The van der Waals surface area contributed by atoms with Gasteiger partial charge in [0.15, 0.2) is 4.77 Å². The quantitative estimate of drug-likeness (QED) is 0.740. The van der Waals surface area contributed by atoms with Crippen molar-refractivity contribution in [2.75, 3.05) is 0 Å². The number of fused-ring (bicyclic) bond motifs is 1. The van der Waals surface area contributed by atoms with Crippen molar-refractivity contribution in [1.82, 2.24) is 14.5 Å². The number of hydrogen-bond acceptors (Lipinski definition) is 3. The Bertz CT molecular complexity index is 727. The maximum atomic E-state index is 6.03. The third-order valence-electron chi connectivity index (χ3n) is 2.81. The molecule has 3 aromatic rings. The van der Waals surface area contributed by atoms with Crippen LogP contribution in [0.2, 0.25) is 5.02 Å². The summed E-state index contributed by atoms with van der Waals surface area (Å²) in [7, 11) is 0. The second-order valence-corrected chi connectivity index (χ2v) is 5.51. The lowest BCUT2D eigenvalue weighted by Gasteiger charge is -2.03. The molecule has 0 atom stereocenters. The third kappa shape index (κ3) is 2.21. The van der Waals surface area contributed by atoms with Gasteiger partial charge in [-0.05, 0) is 30.4 Å². The minimum Gasteiger partial charge on any atom is -0.331 e. The molecule has 0 unspecified atom stereocenters. The van der Waals surface area contributed by atoms with Gasteiger partial charge in [0.2, 0.25) is 0 Å². The maximum Gasteiger partial charge on any atom is 0.178 e. The summed E-state index contributed by atoms with van der Waals surface area (Å²) in [5, 5.41) is 2.78. The second-order valence-electron chi connectivity index (χ2n) is 3.97. The SMILES string of the molecule is S=c1[nH]c2ccc(Cl)cc2n1CCc1cscn1. The largest absolute Gasteiger partial charge is 0.331 e. The molecule has 3 nitrogen and oxygen atoms in total. The van der Waals surface area contributed by atoms with E-state index in [2.05, 4.69) is 19.9 Å². The van der Waals surface area contributed by atoms with Crippen molar-refractivity contribution >= 4 is 46.2 Å². The summed E-state index contributed by atoms with van der Waals surface area (Å²) < 4.78 is 2.79. The van der Waals surface area contributed by atoms with Crippen LogP contribution in [-0.2, 0) is 13.0 Å². The van der Waals surface area contributed by atoms with Crippen LogP contribution >= 0.6 is 35.2 Å². The summed E-state index contributed by atoms with van der Waals surface area (Å²) in [6.07, 6.45) is 0.872. The van der Waals surface area contributed by atoms with Crippen molar-refractivity contribution in [3.8, 4) is 0 Å². The molecule has 0 aliphatic rings. The number of imidazole rings is 1. The van der Waals surface area contributed by atoms with Gasteiger partial charge in [-0.15, -0.1) is 11.3 Å². The van der Waals surface area contributed by atoms with Crippen molar-refractivity contribution in [3.63, 3.8) is 0 Å². The molecule has 0 aliphatic carbocycles. The first-order chi connectivity index (χ1) is 8.74. The summed E-state index contributed by atoms with van der Waals surface area (Å²) >= 11 is 13.0. The Morgan fingerprint density at radius 2 is 2.33 bits per heavy atom. The highest BCUT2D eigenvalue weighted by Gasteiger charge is 2.05. The third-order valence-corrected chi connectivity index (χ3v) is 4.01. The van der Waals surface area contributed by atoms with E-state index in [9.17, 15) is 0 Å². The molecule has 0 amide bonds. The Labute approximate surface area is 118 Å². The summed E-state index contributed by atoms with van der Waals surface area (Å²) in [6.45, 7) is 0.808. The number of rotatable bonds is 3. The standard InChI is InChI=1S/C12H10ClN3S2/c13-8-1-2-10-11(5-8)16(12(17)15-10)4-3-9-6-18-7-14-9/h1-2,5-7H,3-4H2,(H,15,17). The van der Waals surface area contributed by atoms with E-state index in [-0.39, 0.29) is 0 Å². The van der Waals surface area contributed by atoms with Crippen LogP contribution in [0.5, 0.6) is 0 Å². The van der Waals surface area contributed by atoms with Crippen LogP contribution in [0.4, 0.5) is 0 Å². The zero-order valence-electron chi connectivity index (χ0n) is 9.39. The van der Waals surface area contributed by atoms with Gasteiger partial charge < -0.3 is 9.55 Å². The predicted molar refractivity (Wildman–Crippen MR) is 78.0 cm³/mol. The van der Waals surface area contributed by atoms with Crippen molar-refractivity contribution in [3.05, 3.63) is 44.6 Å². The number of benzene rings is 1. The summed E-state index contributed by atoms with van der Waals surface area (Å²) in [5.74, 6) is 0. The first-order valence-electron chi connectivity index (χ1n) is 5.49. The molecule has 0 saturated carbocycles. The van der Waals surface area contributed by atoms with Crippen LogP contribution < -0.4 is 0 Å². The summed E-state index contributed by atoms with van der Waals surface area (Å²) in [6, 6.07) is 5.75. The smallest absolute Gasteiger partial charge is 0.178 e. The summed E-state index contributed by atoms with van der Waals surface area (Å²) in [5.41, 5.74) is 5.00. The number of aromatic nitrogens is 3. The molecule has 0 fully saturated rings. The highest BCUT2D eigenvalue weighted by molar-refractivity contribution is 7.71. The Morgan fingerprint density at radius 3 is 3.11 bits per heavy atom. The van der Waals surface area contributed by atoms with Crippen LogP contribution in [0.1, 0.15) is 5.69 Å². The molecule has 18 heavy (non-hydrogen) atoms. The Kier molecular flexibility index (Phi) is 3.20. The number of hydrogen-bond donors (Lipinski definition) is 1. The van der Waals surface area contributed by atoms with E-state index in [1.54, 1.807) is 11.3 Å². The molecule has 2 heterocycles. The van der Waals surface area contributed by atoms with Gasteiger partial charge in [0.05, 0.1) is 22.2 Å².